The van der Waals surface area contributed by atoms with Gasteiger partial charge in [0.05, 0.1) is 6.04 Å². The molecule has 80 valence electrons. The van der Waals surface area contributed by atoms with Gasteiger partial charge in [-0.2, -0.15) is 0 Å². The summed E-state index contributed by atoms with van der Waals surface area (Å²) in [4.78, 5) is 0. The van der Waals surface area contributed by atoms with Crippen LogP contribution in [0.3, 0.4) is 0 Å². The van der Waals surface area contributed by atoms with Crippen molar-refractivity contribution in [3.63, 3.8) is 0 Å². The van der Waals surface area contributed by atoms with Gasteiger partial charge in [0.15, 0.2) is 0 Å². The summed E-state index contributed by atoms with van der Waals surface area (Å²) in [6.45, 7) is 6.40. The molecule has 0 aliphatic carbocycles. The third kappa shape index (κ3) is 2.36. The van der Waals surface area contributed by atoms with Crippen molar-refractivity contribution in [1.29, 1.82) is 0 Å². The van der Waals surface area contributed by atoms with E-state index in [0.29, 0.717) is 5.92 Å². The highest BCUT2D eigenvalue weighted by Gasteiger charge is 2.19. The average molecular weight is 196 g/mol. The Morgan fingerprint density at radius 3 is 2.57 bits per heavy atom. The first kappa shape index (κ1) is 11.3. The van der Waals surface area contributed by atoms with Crippen LogP contribution in [-0.4, -0.2) is 0 Å². The summed E-state index contributed by atoms with van der Waals surface area (Å²) in [6.07, 6.45) is 2.01. The fourth-order valence-corrected chi connectivity index (χ4v) is 1.51. The third-order valence-corrected chi connectivity index (χ3v) is 2.73. The van der Waals surface area contributed by atoms with Gasteiger partial charge < -0.3 is 4.42 Å². The van der Waals surface area contributed by atoms with E-state index in [1.165, 1.54) is 0 Å². The molecule has 0 fully saturated rings. The van der Waals surface area contributed by atoms with Gasteiger partial charge in [-0.15, -0.1) is 0 Å². The van der Waals surface area contributed by atoms with E-state index in [4.69, 9.17) is 10.3 Å². The molecule has 3 nitrogen and oxygen atoms in total. The Balaban J connectivity index is 2.78. The van der Waals surface area contributed by atoms with E-state index in [1.807, 2.05) is 12.1 Å². The lowest BCUT2D eigenvalue weighted by atomic mass is 9.98. The normalized spacial score (nSPS) is 15.4. The maximum absolute atomic E-state index is 5.67. The number of hydrogen-bond donors (Lipinski definition) is 2. The van der Waals surface area contributed by atoms with Crippen molar-refractivity contribution in [1.82, 2.24) is 5.43 Å². The van der Waals surface area contributed by atoms with Crippen LogP contribution in [0.2, 0.25) is 0 Å². The average Bonchev–Trinajstić information content (AvgIpc) is 2.67. The lowest BCUT2D eigenvalue weighted by Crippen LogP contribution is -2.32. The minimum Gasteiger partial charge on any atom is -0.464 e. The van der Waals surface area contributed by atoms with Crippen molar-refractivity contribution >= 4 is 0 Å². The van der Waals surface area contributed by atoms with Gasteiger partial charge in [0, 0.05) is 6.42 Å². The number of furan rings is 1. The van der Waals surface area contributed by atoms with E-state index in [0.717, 1.165) is 24.4 Å². The van der Waals surface area contributed by atoms with Crippen LogP contribution < -0.4 is 11.3 Å². The molecule has 1 heterocycles. The molecule has 0 radical (unpaired) electrons. The van der Waals surface area contributed by atoms with Crippen LogP contribution in [0.15, 0.2) is 16.5 Å². The fraction of sp³-hybridized carbons (Fsp3) is 0.636. The molecular weight excluding hydrogens is 176 g/mol. The molecule has 1 rings (SSSR count). The topological polar surface area (TPSA) is 51.2 Å². The number of nitrogens with one attached hydrogen (secondary N) is 1. The Hall–Kier alpha value is -0.800. The van der Waals surface area contributed by atoms with Crippen molar-refractivity contribution in [3.05, 3.63) is 23.7 Å². The third-order valence-electron chi connectivity index (χ3n) is 2.73. The number of rotatable bonds is 5. The zero-order valence-corrected chi connectivity index (χ0v) is 9.21. The second-order valence-electron chi connectivity index (χ2n) is 3.69. The van der Waals surface area contributed by atoms with Crippen LogP contribution in [0.5, 0.6) is 0 Å². The van der Waals surface area contributed by atoms with Crippen molar-refractivity contribution in [2.75, 3.05) is 0 Å². The maximum atomic E-state index is 5.67. The zero-order chi connectivity index (χ0) is 10.6. The molecule has 14 heavy (non-hydrogen) atoms. The summed E-state index contributed by atoms with van der Waals surface area (Å²) in [5, 5.41) is 0. The molecule has 0 spiro atoms. The molecule has 1 aromatic rings. The lowest BCUT2D eigenvalue weighted by Gasteiger charge is -2.19. The van der Waals surface area contributed by atoms with Crippen LogP contribution >= 0.6 is 0 Å². The highest BCUT2D eigenvalue weighted by Crippen LogP contribution is 2.25. The van der Waals surface area contributed by atoms with E-state index >= 15 is 0 Å². The summed E-state index contributed by atoms with van der Waals surface area (Å²) in [6, 6.07) is 4.15. The molecule has 3 heteroatoms. The van der Waals surface area contributed by atoms with Crippen LogP contribution in [0, 0.1) is 5.92 Å². The van der Waals surface area contributed by atoms with Gasteiger partial charge in [0.25, 0.3) is 0 Å². The molecule has 3 N–H and O–H groups in total. The smallest absolute Gasteiger partial charge is 0.122 e. The van der Waals surface area contributed by atoms with E-state index in [-0.39, 0.29) is 6.04 Å². The van der Waals surface area contributed by atoms with Crippen molar-refractivity contribution in [2.45, 2.75) is 39.7 Å². The zero-order valence-electron chi connectivity index (χ0n) is 9.21. The SMILES string of the molecule is CCc1ccc(C(NN)C(C)CC)o1. The second-order valence-corrected chi connectivity index (χ2v) is 3.69. The molecular formula is C11H20N2O. The molecule has 0 bridgehead atoms. The van der Waals surface area contributed by atoms with Crippen LogP contribution in [0.4, 0.5) is 0 Å². The van der Waals surface area contributed by atoms with Crippen molar-refractivity contribution in [2.24, 2.45) is 11.8 Å². The predicted molar refractivity (Wildman–Crippen MR) is 57.6 cm³/mol. The van der Waals surface area contributed by atoms with Crippen molar-refractivity contribution < 1.29 is 4.42 Å². The van der Waals surface area contributed by atoms with Crippen LogP contribution in [0.1, 0.15) is 44.8 Å². The summed E-state index contributed by atoms with van der Waals surface area (Å²) < 4.78 is 5.67. The quantitative estimate of drug-likeness (QED) is 0.561. The Morgan fingerprint density at radius 2 is 2.14 bits per heavy atom. The summed E-state index contributed by atoms with van der Waals surface area (Å²) in [5.74, 6) is 7.96. The number of aryl methyl sites for hydroxylation is 1. The molecule has 0 aromatic carbocycles. The molecule has 1 aromatic heterocycles. The number of nitrogens with two attached hydrogens (primary N) is 1. The van der Waals surface area contributed by atoms with Crippen LogP contribution in [-0.2, 0) is 6.42 Å². The van der Waals surface area contributed by atoms with Gasteiger partial charge in [-0.1, -0.05) is 27.2 Å². The van der Waals surface area contributed by atoms with Gasteiger partial charge in [0.1, 0.15) is 11.5 Å². The van der Waals surface area contributed by atoms with E-state index in [2.05, 4.69) is 26.2 Å². The fourth-order valence-electron chi connectivity index (χ4n) is 1.51. The Morgan fingerprint density at radius 1 is 1.43 bits per heavy atom. The molecule has 0 saturated heterocycles. The van der Waals surface area contributed by atoms with E-state index in [1.54, 1.807) is 0 Å². The highest BCUT2D eigenvalue weighted by molar-refractivity contribution is 5.11. The summed E-state index contributed by atoms with van der Waals surface area (Å²) in [5.41, 5.74) is 2.81. The Labute approximate surface area is 85.6 Å². The summed E-state index contributed by atoms with van der Waals surface area (Å²) >= 11 is 0. The van der Waals surface area contributed by atoms with Gasteiger partial charge in [-0.3, -0.25) is 5.84 Å². The maximum Gasteiger partial charge on any atom is 0.122 e. The van der Waals surface area contributed by atoms with Gasteiger partial charge in [-0.25, -0.2) is 5.43 Å². The van der Waals surface area contributed by atoms with Gasteiger partial charge in [0.2, 0.25) is 0 Å². The second kappa shape index (κ2) is 5.17. The minimum atomic E-state index is 0.125. The largest absolute Gasteiger partial charge is 0.464 e. The Bertz CT molecular complexity index is 270. The van der Waals surface area contributed by atoms with Gasteiger partial charge in [-0.05, 0) is 18.1 Å². The van der Waals surface area contributed by atoms with Crippen LogP contribution in [0.25, 0.3) is 0 Å². The standard InChI is InChI=1S/C11H20N2O/c1-4-8(3)11(13-12)10-7-6-9(5-2)14-10/h6-8,11,13H,4-5,12H2,1-3H3. The molecule has 2 atom stereocenters. The Kier molecular flexibility index (Phi) is 4.17. The molecule has 0 amide bonds. The molecule has 0 aliphatic heterocycles. The minimum absolute atomic E-state index is 0.125. The molecule has 0 aliphatic rings. The summed E-state index contributed by atoms with van der Waals surface area (Å²) in [7, 11) is 0. The highest BCUT2D eigenvalue weighted by atomic mass is 16.3. The first-order valence-corrected chi connectivity index (χ1v) is 5.27. The lowest BCUT2D eigenvalue weighted by molar-refractivity contribution is 0.315. The van der Waals surface area contributed by atoms with Gasteiger partial charge >= 0.3 is 0 Å². The molecule has 0 saturated carbocycles. The first-order valence-electron chi connectivity index (χ1n) is 5.27. The first-order chi connectivity index (χ1) is 6.72. The molecule has 2 unspecified atom stereocenters. The predicted octanol–water partition coefficient (Wildman–Crippen LogP) is 2.39. The van der Waals surface area contributed by atoms with E-state index < -0.39 is 0 Å². The van der Waals surface area contributed by atoms with E-state index in [9.17, 15) is 0 Å². The monoisotopic (exact) mass is 196 g/mol. The number of hydrogen-bond acceptors (Lipinski definition) is 3. The van der Waals surface area contributed by atoms with Crippen molar-refractivity contribution in [3.8, 4) is 0 Å². The number of hydrazine groups is 1.